The first-order valence-corrected chi connectivity index (χ1v) is 11.4. The van der Waals surface area contributed by atoms with Gasteiger partial charge in [0.25, 0.3) is 0 Å². The number of aromatic nitrogens is 2. The van der Waals surface area contributed by atoms with E-state index in [4.69, 9.17) is 0 Å². The lowest BCUT2D eigenvalue weighted by Gasteiger charge is -2.32. The quantitative estimate of drug-likeness (QED) is 0.183. The van der Waals surface area contributed by atoms with Crippen LogP contribution in [0.25, 0.3) is 5.70 Å². The van der Waals surface area contributed by atoms with Crippen LogP contribution < -0.4 is 10.6 Å². The number of thioether (sulfide) groups is 1. The molecule has 0 radical (unpaired) electrons. The van der Waals surface area contributed by atoms with Crippen molar-refractivity contribution in [2.45, 2.75) is 52.1 Å². The van der Waals surface area contributed by atoms with Crippen molar-refractivity contribution in [1.29, 1.82) is 0 Å². The molecule has 2 aromatic rings. The van der Waals surface area contributed by atoms with Gasteiger partial charge in [-0.15, -0.1) is 23.1 Å². The number of halogens is 4. The average Bonchev–Trinajstić information content (AvgIpc) is 3.06. The maximum Gasteiger partial charge on any atom is 0.406 e. The summed E-state index contributed by atoms with van der Waals surface area (Å²) in [5.74, 6) is 1.06. The zero-order valence-electron chi connectivity index (χ0n) is 18.1. The molecule has 2 heterocycles. The maximum absolute atomic E-state index is 13.2. The molecule has 2 N–H and O–H groups in total. The number of pyridine rings is 1. The number of aliphatic imine (C=N–C) groups is 1. The molecule has 2 rings (SSSR count). The molecule has 176 valence electrons. The largest absolute Gasteiger partial charge is 0.406 e. The Morgan fingerprint density at radius 2 is 2.06 bits per heavy atom. The monoisotopic (exact) mass is 491 g/mol. The van der Waals surface area contributed by atoms with Crippen molar-refractivity contribution >= 4 is 41.3 Å². The molecule has 0 saturated heterocycles. The van der Waals surface area contributed by atoms with Gasteiger partial charge in [-0.1, -0.05) is 6.07 Å². The highest BCUT2D eigenvalue weighted by Crippen LogP contribution is 2.31. The molecule has 2 aromatic heterocycles. The summed E-state index contributed by atoms with van der Waals surface area (Å²) in [6.45, 7) is 9.37. The lowest BCUT2D eigenvalue weighted by Crippen LogP contribution is -2.56. The van der Waals surface area contributed by atoms with Gasteiger partial charge >= 0.3 is 6.18 Å². The lowest BCUT2D eigenvalue weighted by atomic mass is 9.98. The number of anilines is 1. The normalized spacial score (nSPS) is 13.8. The molecule has 6 nitrogen and oxygen atoms in total. The zero-order valence-corrected chi connectivity index (χ0v) is 19.7. The van der Waals surface area contributed by atoms with E-state index in [1.54, 1.807) is 23.5 Å². The van der Waals surface area contributed by atoms with Crippen LogP contribution in [0.5, 0.6) is 0 Å². The first kappa shape index (κ1) is 26.2. The lowest BCUT2D eigenvalue weighted by molar-refractivity contribution is -0.279. The van der Waals surface area contributed by atoms with Crippen molar-refractivity contribution in [3.05, 3.63) is 44.9 Å². The molecule has 0 aliphatic rings. The van der Waals surface area contributed by atoms with E-state index in [0.29, 0.717) is 17.3 Å². The van der Waals surface area contributed by atoms with Crippen LogP contribution in [0.3, 0.4) is 0 Å². The third-order valence-electron chi connectivity index (χ3n) is 4.39. The van der Waals surface area contributed by atoms with Crippen LogP contribution in [0.1, 0.15) is 35.0 Å². The maximum atomic E-state index is 13.2. The number of hydrogen-bond acceptors (Lipinski definition) is 8. The molecular formula is C20H25F4N5OS2. The van der Waals surface area contributed by atoms with Gasteiger partial charge in [0, 0.05) is 12.7 Å². The van der Waals surface area contributed by atoms with Gasteiger partial charge in [0.05, 0.1) is 27.2 Å². The highest BCUT2D eigenvalue weighted by Gasteiger charge is 2.50. The Balaban J connectivity index is 1.90. The average molecular weight is 492 g/mol. The van der Waals surface area contributed by atoms with E-state index in [1.165, 1.54) is 18.0 Å². The number of thiazole rings is 1. The van der Waals surface area contributed by atoms with E-state index in [1.807, 2.05) is 19.3 Å². The van der Waals surface area contributed by atoms with E-state index in [2.05, 4.69) is 37.3 Å². The van der Waals surface area contributed by atoms with Gasteiger partial charge in [-0.2, -0.15) is 18.1 Å². The predicted molar refractivity (Wildman–Crippen MR) is 122 cm³/mol. The van der Waals surface area contributed by atoms with Crippen LogP contribution in [0.15, 0.2) is 28.7 Å². The van der Waals surface area contributed by atoms with Crippen molar-refractivity contribution in [2.75, 3.05) is 11.2 Å². The molecule has 0 spiro atoms. The second-order valence-corrected chi connectivity index (χ2v) is 9.45. The summed E-state index contributed by atoms with van der Waals surface area (Å²) in [5, 5.41) is 8.24. The number of alkyl halides is 3. The second-order valence-electron chi connectivity index (χ2n) is 7.38. The fourth-order valence-electron chi connectivity index (χ4n) is 2.82. The van der Waals surface area contributed by atoms with Gasteiger partial charge in [0.15, 0.2) is 0 Å². The molecule has 1 atom stereocenters. The number of nitrogens with one attached hydrogen (secondary N) is 2. The van der Waals surface area contributed by atoms with E-state index >= 15 is 0 Å². The minimum Gasteiger partial charge on any atom is -0.361 e. The van der Waals surface area contributed by atoms with Crippen molar-refractivity contribution in [1.82, 2.24) is 15.3 Å². The van der Waals surface area contributed by atoms with Crippen molar-refractivity contribution in [3.8, 4) is 0 Å². The van der Waals surface area contributed by atoms with E-state index < -0.39 is 17.8 Å². The first-order valence-electron chi connectivity index (χ1n) is 9.49. The number of rotatable bonds is 11. The summed E-state index contributed by atoms with van der Waals surface area (Å²) in [4.78, 5) is 17.1. The van der Waals surface area contributed by atoms with Crippen LogP contribution in [0, 0.1) is 13.8 Å². The number of nitrogens with zero attached hydrogens (tertiary/aromatic N) is 3. The van der Waals surface area contributed by atoms with E-state index in [9.17, 15) is 17.7 Å². The van der Waals surface area contributed by atoms with Gasteiger partial charge in [0.2, 0.25) is 0 Å². The molecule has 12 heteroatoms. The minimum absolute atomic E-state index is 0.149. The van der Waals surface area contributed by atoms with E-state index in [0.717, 1.165) is 35.1 Å². The van der Waals surface area contributed by atoms with Crippen LogP contribution in [-0.4, -0.2) is 40.4 Å². The zero-order chi connectivity index (χ0) is 23.9. The topological polar surface area (TPSA) is 71.4 Å². The Morgan fingerprint density at radius 1 is 1.34 bits per heavy atom. The molecule has 0 aliphatic heterocycles. The minimum atomic E-state index is -4.68. The van der Waals surface area contributed by atoms with Gasteiger partial charge in [0.1, 0.15) is 17.5 Å². The molecule has 32 heavy (non-hydrogen) atoms. The Kier molecular flexibility index (Phi) is 9.19. The van der Waals surface area contributed by atoms with Crippen LogP contribution in [0.2, 0.25) is 0 Å². The van der Waals surface area contributed by atoms with Crippen LogP contribution >= 0.6 is 23.1 Å². The molecule has 0 aromatic carbocycles. The molecule has 1 unspecified atom stereocenters. The highest BCUT2D eigenvalue weighted by atomic mass is 32.2. The third kappa shape index (κ3) is 7.26. The summed E-state index contributed by atoms with van der Waals surface area (Å²) in [6, 6.07) is 1.11. The molecule has 0 amide bonds. The fraction of sp³-hybridized carbons (Fsp3) is 0.450. The van der Waals surface area contributed by atoms with Crippen molar-refractivity contribution < 1.29 is 22.6 Å². The smallest absolute Gasteiger partial charge is 0.361 e. The second kappa shape index (κ2) is 11.2. The number of hydrogen-bond donors (Lipinski definition) is 2. The number of aryl methyl sites for hydroxylation is 2. The molecule has 0 saturated carbocycles. The van der Waals surface area contributed by atoms with Gasteiger partial charge in [-0.05, 0) is 56.0 Å². The molecule has 0 aliphatic carbocycles. The van der Waals surface area contributed by atoms with Crippen LogP contribution in [0.4, 0.5) is 23.5 Å². The molecule has 0 fully saturated rings. The van der Waals surface area contributed by atoms with E-state index in [-0.39, 0.29) is 6.54 Å². The third-order valence-corrected chi connectivity index (χ3v) is 6.19. The Labute approximate surface area is 192 Å². The highest BCUT2D eigenvalue weighted by molar-refractivity contribution is 8.02. The molecular weight excluding hydrogens is 466 g/mol. The summed E-state index contributed by atoms with van der Waals surface area (Å²) in [5.41, 5.74) is 0.0997. The van der Waals surface area contributed by atoms with Gasteiger partial charge < -0.3 is 5.32 Å². The van der Waals surface area contributed by atoms with Crippen molar-refractivity contribution in [2.24, 2.45) is 4.99 Å². The predicted octanol–water partition coefficient (Wildman–Crippen LogP) is 5.66. The first-order chi connectivity index (χ1) is 15.0. The van der Waals surface area contributed by atoms with Crippen LogP contribution in [-0.2, 0) is 11.5 Å². The summed E-state index contributed by atoms with van der Waals surface area (Å²) in [6.07, 6.45) is -3.22. The summed E-state index contributed by atoms with van der Waals surface area (Å²) >= 11 is 3.01. The van der Waals surface area contributed by atoms with Gasteiger partial charge in [-0.3, -0.25) is 10.3 Å². The Bertz CT molecular complexity index is 929. The molecule has 0 bridgehead atoms. The standard InChI is InChI=1S/C20H25F4N5OS2/c1-12-17(32-13(2)29-12)15(25-5)10-31-11-28-16-7-6-14(8-26-16)9-27-18(20(21,22)23)19(3,4)30-24/h6-8,10,18,27H,5,9,11H2,1-4H3,(H,26,28)/b15-10-. The van der Waals surface area contributed by atoms with Gasteiger partial charge in [-0.25, -0.2) is 9.97 Å². The fourth-order valence-corrected chi connectivity index (χ4v) is 4.46. The summed E-state index contributed by atoms with van der Waals surface area (Å²) in [7, 11) is 0. The SMILES string of the molecule is C=N/C(=C\SCNc1ccc(CNC(C(F)(F)F)C(C)(C)OF)cn1)c1sc(C)nc1C. The Morgan fingerprint density at radius 3 is 2.56 bits per heavy atom. The van der Waals surface area contributed by atoms with Crippen molar-refractivity contribution in [3.63, 3.8) is 0 Å². The Hall–Kier alpha value is -2.02. The summed E-state index contributed by atoms with van der Waals surface area (Å²) < 4.78 is 52.2.